The summed E-state index contributed by atoms with van der Waals surface area (Å²) in [6.45, 7) is 0. The summed E-state index contributed by atoms with van der Waals surface area (Å²) >= 11 is 0. The minimum atomic E-state index is -4.51. The Balaban J connectivity index is 1.51. The molecule has 180 valence electrons. The van der Waals surface area contributed by atoms with E-state index in [2.05, 4.69) is 16.0 Å². The molecular weight excluding hydrogens is 452 g/mol. The predicted molar refractivity (Wildman–Crippen MR) is 111 cm³/mol. The first-order chi connectivity index (χ1) is 15.5. The van der Waals surface area contributed by atoms with E-state index in [-0.39, 0.29) is 23.5 Å². The number of halogens is 6. The Morgan fingerprint density at radius 3 is 2.15 bits per heavy atom. The first-order valence-corrected chi connectivity index (χ1v) is 10.3. The number of urea groups is 1. The summed E-state index contributed by atoms with van der Waals surface area (Å²) in [5.74, 6) is 0.309. The number of nitrogens with one attached hydrogen (secondary N) is 3. The van der Waals surface area contributed by atoms with Crippen LogP contribution in [0.25, 0.3) is 0 Å². The Kier molecular flexibility index (Phi) is 7.28. The number of carbonyl (C=O) groups is 1. The summed E-state index contributed by atoms with van der Waals surface area (Å²) in [6, 6.07) is 6.76. The average molecular weight is 475 g/mol. The lowest BCUT2D eigenvalue weighted by atomic mass is 9.93. The lowest BCUT2D eigenvalue weighted by Gasteiger charge is -2.30. The number of anilines is 2. The van der Waals surface area contributed by atoms with Gasteiger partial charge < -0.3 is 20.7 Å². The van der Waals surface area contributed by atoms with Crippen molar-refractivity contribution in [3.05, 3.63) is 53.6 Å². The van der Waals surface area contributed by atoms with Crippen molar-refractivity contribution in [2.45, 2.75) is 50.2 Å². The molecule has 1 aliphatic rings. The molecule has 1 saturated carbocycles. The second-order valence-electron chi connectivity index (χ2n) is 7.73. The fourth-order valence-corrected chi connectivity index (χ4v) is 3.63. The molecule has 11 heteroatoms. The molecule has 2 aromatic carbocycles. The molecule has 0 aliphatic heterocycles. The zero-order valence-electron chi connectivity index (χ0n) is 17.6. The van der Waals surface area contributed by atoms with E-state index in [1.165, 1.54) is 25.2 Å². The highest BCUT2D eigenvalue weighted by Crippen LogP contribution is 2.36. The molecule has 3 N–H and O–H groups in total. The molecule has 0 bridgehead atoms. The number of rotatable bonds is 5. The minimum absolute atomic E-state index is 0.0289. The van der Waals surface area contributed by atoms with Crippen LogP contribution >= 0.6 is 0 Å². The zero-order chi connectivity index (χ0) is 24.2. The van der Waals surface area contributed by atoms with Gasteiger partial charge in [-0.3, -0.25) is 0 Å². The number of alkyl halides is 6. The molecule has 0 aromatic heterocycles. The van der Waals surface area contributed by atoms with Crippen LogP contribution in [0.3, 0.4) is 0 Å². The maximum Gasteiger partial charge on any atom is 0.416 e. The zero-order valence-corrected chi connectivity index (χ0v) is 17.6. The first-order valence-electron chi connectivity index (χ1n) is 10.3. The van der Waals surface area contributed by atoms with Gasteiger partial charge in [0, 0.05) is 18.8 Å². The summed E-state index contributed by atoms with van der Waals surface area (Å²) in [7, 11) is 1.51. The van der Waals surface area contributed by atoms with Gasteiger partial charge in [-0.1, -0.05) is 6.07 Å². The number of hydrogen-bond donors (Lipinski definition) is 3. The van der Waals surface area contributed by atoms with Crippen LogP contribution < -0.4 is 20.7 Å². The Bertz CT molecular complexity index is 969. The lowest BCUT2D eigenvalue weighted by molar-refractivity contribution is -0.138. The van der Waals surface area contributed by atoms with Crippen LogP contribution in [0.4, 0.5) is 42.5 Å². The second kappa shape index (κ2) is 9.80. The maximum atomic E-state index is 12.9. The monoisotopic (exact) mass is 475 g/mol. The van der Waals surface area contributed by atoms with Gasteiger partial charge in [0.2, 0.25) is 0 Å². The third-order valence-corrected chi connectivity index (χ3v) is 5.33. The first kappa shape index (κ1) is 24.5. The second-order valence-corrected chi connectivity index (χ2v) is 7.73. The van der Waals surface area contributed by atoms with Crippen LogP contribution in [0.15, 0.2) is 42.5 Å². The quantitative estimate of drug-likeness (QED) is 0.446. The molecule has 0 spiro atoms. The Labute approximate surface area is 186 Å². The van der Waals surface area contributed by atoms with E-state index in [0.717, 1.165) is 24.3 Å². The normalized spacial score (nSPS) is 19.0. The van der Waals surface area contributed by atoms with Crippen molar-refractivity contribution < 1.29 is 35.9 Å². The van der Waals surface area contributed by atoms with E-state index in [1.807, 2.05) is 0 Å². The molecule has 2 aromatic rings. The van der Waals surface area contributed by atoms with Crippen LogP contribution in [0.5, 0.6) is 5.75 Å². The Morgan fingerprint density at radius 1 is 0.909 bits per heavy atom. The van der Waals surface area contributed by atoms with Gasteiger partial charge in [-0.25, -0.2) is 4.79 Å². The van der Waals surface area contributed by atoms with Crippen LogP contribution in [0.1, 0.15) is 36.8 Å². The largest absolute Gasteiger partial charge is 0.488 e. The standard InChI is InChI=1S/C22H23F6N3O2/c1-29-18-12-14(22(26,27)28)5-10-19(18)33-17-8-6-15(7-9-17)30-20(32)31-16-4-2-3-13(11-16)21(23,24)25/h2-5,10-12,15,17,29H,6-9H2,1H3,(H2,30,31,32). The van der Waals surface area contributed by atoms with Crippen LogP contribution in [0, 0.1) is 0 Å². The Hall–Kier alpha value is -3.11. The van der Waals surface area contributed by atoms with Gasteiger partial charge in [0.15, 0.2) is 0 Å². The molecule has 0 atom stereocenters. The number of ether oxygens (including phenoxy) is 1. The average Bonchev–Trinajstić information content (AvgIpc) is 2.74. The smallest absolute Gasteiger partial charge is 0.416 e. The minimum Gasteiger partial charge on any atom is -0.488 e. The van der Waals surface area contributed by atoms with Crippen LogP contribution in [0.2, 0.25) is 0 Å². The molecule has 0 heterocycles. The summed E-state index contributed by atoms with van der Waals surface area (Å²) in [5.41, 5.74) is -1.38. The van der Waals surface area contributed by atoms with Gasteiger partial charge in [-0.15, -0.1) is 0 Å². The fraction of sp³-hybridized carbons (Fsp3) is 0.409. The van der Waals surface area contributed by atoms with Gasteiger partial charge in [0.25, 0.3) is 0 Å². The van der Waals surface area contributed by atoms with Crippen molar-refractivity contribution in [1.82, 2.24) is 5.32 Å². The lowest BCUT2D eigenvalue weighted by Crippen LogP contribution is -2.41. The highest BCUT2D eigenvalue weighted by atomic mass is 19.4. The van der Waals surface area contributed by atoms with E-state index >= 15 is 0 Å². The van der Waals surface area contributed by atoms with Crippen molar-refractivity contribution in [3.63, 3.8) is 0 Å². The van der Waals surface area contributed by atoms with Gasteiger partial charge >= 0.3 is 18.4 Å². The number of amides is 2. The van der Waals surface area contributed by atoms with Crippen molar-refractivity contribution in [2.75, 3.05) is 17.7 Å². The predicted octanol–water partition coefficient (Wildman–Crippen LogP) is 6.28. The van der Waals surface area contributed by atoms with Crippen molar-refractivity contribution in [3.8, 4) is 5.75 Å². The maximum absolute atomic E-state index is 12.9. The van der Waals surface area contributed by atoms with E-state index in [9.17, 15) is 31.1 Å². The number of carbonyl (C=O) groups excluding carboxylic acids is 1. The SMILES string of the molecule is CNc1cc(C(F)(F)F)ccc1OC1CCC(NC(=O)Nc2cccc(C(F)(F)F)c2)CC1. The van der Waals surface area contributed by atoms with Gasteiger partial charge in [-0.05, 0) is 62.1 Å². The van der Waals surface area contributed by atoms with Gasteiger partial charge in [0.1, 0.15) is 5.75 Å². The molecule has 5 nitrogen and oxygen atoms in total. The highest BCUT2D eigenvalue weighted by molar-refractivity contribution is 5.89. The summed E-state index contributed by atoms with van der Waals surface area (Å²) in [6.07, 6.45) is -6.99. The molecule has 2 amide bonds. The molecule has 1 aliphatic carbocycles. The van der Waals surface area contributed by atoms with E-state index in [1.54, 1.807) is 0 Å². The third kappa shape index (κ3) is 6.69. The van der Waals surface area contributed by atoms with Crippen molar-refractivity contribution >= 4 is 17.4 Å². The molecule has 33 heavy (non-hydrogen) atoms. The number of hydrogen-bond acceptors (Lipinski definition) is 3. The topological polar surface area (TPSA) is 62.4 Å². The molecule has 0 radical (unpaired) electrons. The molecule has 3 rings (SSSR count). The summed E-state index contributed by atoms with van der Waals surface area (Å²) in [4.78, 5) is 12.2. The summed E-state index contributed by atoms with van der Waals surface area (Å²) in [5, 5.41) is 7.84. The molecule has 0 unspecified atom stereocenters. The molecule has 0 saturated heterocycles. The summed E-state index contributed by atoms with van der Waals surface area (Å²) < 4.78 is 82.9. The van der Waals surface area contributed by atoms with Crippen molar-refractivity contribution in [2.24, 2.45) is 0 Å². The highest BCUT2D eigenvalue weighted by Gasteiger charge is 2.32. The van der Waals surface area contributed by atoms with E-state index in [0.29, 0.717) is 31.4 Å². The third-order valence-electron chi connectivity index (χ3n) is 5.33. The molecular formula is C22H23F6N3O2. The van der Waals surface area contributed by atoms with Crippen LogP contribution in [-0.4, -0.2) is 25.2 Å². The Morgan fingerprint density at radius 2 is 1.55 bits per heavy atom. The van der Waals surface area contributed by atoms with Gasteiger partial charge in [-0.2, -0.15) is 26.3 Å². The van der Waals surface area contributed by atoms with E-state index in [4.69, 9.17) is 4.74 Å². The fourth-order valence-electron chi connectivity index (χ4n) is 3.63. The number of benzene rings is 2. The molecule has 1 fully saturated rings. The van der Waals surface area contributed by atoms with Crippen LogP contribution in [-0.2, 0) is 12.4 Å². The van der Waals surface area contributed by atoms with E-state index < -0.39 is 29.5 Å². The van der Waals surface area contributed by atoms with Gasteiger partial charge in [0.05, 0.1) is 22.9 Å². The van der Waals surface area contributed by atoms with Crippen molar-refractivity contribution in [1.29, 1.82) is 0 Å².